The predicted molar refractivity (Wildman–Crippen MR) is 106 cm³/mol. The Balaban J connectivity index is 1.49. The zero-order valence-electron chi connectivity index (χ0n) is 14.3. The number of anilines is 2. The third-order valence-corrected chi connectivity index (χ3v) is 5.58. The number of amides is 1. The molecule has 1 aliphatic heterocycles. The summed E-state index contributed by atoms with van der Waals surface area (Å²) >= 11 is 7.37. The van der Waals surface area contributed by atoms with Gasteiger partial charge in [0.25, 0.3) is 0 Å². The molecule has 0 saturated carbocycles. The first-order chi connectivity index (χ1) is 12.1. The van der Waals surface area contributed by atoms with Crippen LogP contribution in [-0.2, 0) is 4.79 Å². The Morgan fingerprint density at radius 2 is 1.76 bits per heavy atom. The quantitative estimate of drug-likeness (QED) is 0.787. The van der Waals surface area contributed by atoms with Crippen molar-refractivity contribution in [1.29, 1.82) is 0 Å². The number of piperazine rings is 1. The number of rotatable bonds is 5. The van der Waals surface area contributed by atoms with Crippen molar-refractivity contribution in [1.82, 2.24) is 0 Å². The molecule has 132 valence electrons. The largest absolute Gasteiger partial charge is 0.360 e. The van der Waals surface area contributed by atoms with E-state index in [1.54, 1.807) is 4.90 Å². The molecule has 3 rings (SSSR count). The van der Waals surface area contributed by atoms with Gasteiger partial charge in [0.05, 0.1) is 39.0 Å². The first kappa shape index (κ1) is 18.1. The molecular weight excluding hydrogens is 354 g/mol. The number of likely N-dealkylation sites (N-methyl/N-ethyl adjacent to an activating group) is 1. The Morgan fingerprint density at radius 1 is 1.12 bits per heavy atom. The maximum atomic E-state index is 12.1. The maximum absolute atomic E-state index is 12.1. The molecule has 4 nitrogen and oxygen atoms in total. The second kappa shape index (κ2) is 8.61. The Bertz CT molecular complexity index is 698. The van der Waals surface area contributed by atoms with Crippen molar-refractivity contribution in [3.05, 3.63) is 53.6 Å². The third kappa shape index (κ3) is 5.39. The third-order valence-electron chi connectivity index (χ3n) is 4.32. The summed E-state index contributed by atoms with van der Waals surface area (Å²) in [5.74, 6) is 0.376. The fourth-order valence-electron chi connectivity index (χ4n) is 2.78. The lowest BCUT2D eigenvalue weighted by atomic mass is 10.2. The summed E-state index contributed by atoms with van der Waals surface area (Å²) in [6.07, 6.45) is 0. The predicted octanol–water partition coefficient (Wildman–Crippen LogP) is 2.41. The van der Waals surface area contributed by atoms with Crippen LogP contribution in [0.4, 0.5) is 11.4 Å². The van der Waals surface area contributed by atoms with Gasteiger partial charge in [-0.05, 0) is 48.5 Å². The van der Waals surface area contributed by atoms with Gasteiger partial charge in [-0.25, -0.2) is 0 Å². The lowest BCUT2D eigenvalue weighted by Crippen LogP contribution is -3.12. The van der Waals surface area contributed by atoms with Crippen molar-refractivity contribution in [2.24, 2.45) is 0 Å². The van der Waals surface area contributed by atoms with Gasteiger partial charge in [-0.3, -0.25) is 4.79 Å². The van der Waals surface area contributed by atoms with Crippen LogP contribution in [-0.4, -0.2) is 44.9 Å². The van der Waals surface area contributed by atoms with Crippen LogP contribution in [0, 0.1) is 0 Å². The van der Waals surface area contributed by atoms with Crippen LogP contribution >= 0.6 is 23.4 Å². The van der Waals surface area contributed by atoms with Crippen molar-refractivity contribution in [3.8, 4) is 0 Å². The summed E-state index contributed by atoms with van der Waals surface area (Å²) < 4.78 is 0. The Morgan fingerprint density at radius 3 is 2.40 bits per heavy atom. The lowest BCUT2D eigenvalue weighted by molar-refractivity contribution is -0.880. The van der Waals surface area contributed by atoms with Crippen molar-refractivity contribution in [3.63, 3.8) is 0 Å². The average molecular weight is 377 g/mol. The zero-order valence-corrected chi connectivity index (χ0v) is 15.9. The van der Waals surface area contributed by atoms with E-state index >= 15 is 0 Å². The second-order valence-corrected chi connectivity index (χ2v) is 7.77. The Hall–Kier alpha value is -1.69. The van der Waals surface area contributed by atoms with Gasteiger partial charge >= 0.3 is 0 Å². The molecule has 1 fully saturated rings. The van der Waals surface area contributed by atoms with E-state index in [0.29, 0.717) is 10.8 Å². The fourth-order valence-corrected chi connectivity index (χ4v) is 3.60. The average Bonchev–Trinajstić information content (AvgIpc) is 2.63. The zero-order chi connectivity index (χ0) is 17.6. The normalized spacial score (nSPS) is 15.2. The van der Waals surface area contributed by atoms with Gasteiger partial charge in [0, 0.05) is 21.3 Å². The van der Waals surface area contributed by atoms with E-state index in [-0.39, 0.29) is 5.91 Å². The Kier molecular flexibility index (Phi) is 6.24. The monoisotopic (exact) mass is 376 g/mol. The molecule has 0 radical (unpaired) electrons. The molecule has 1 heterocycles. The van der Waals surface area contributed by atoms with Gasteiger partial charge in [-0.15, -0.1) is 11.8 Å². The highest BCUT2D eigenvalue weighted by Gasteiger charge is 2.16. The highest BCUT2D eigenvalue weighted by Crippen LogP contribution is 2.21. The molecule has 0 aliphatic carbocycles. The van der Waals surface area contributed by atoms with Crippen molar-refractivity contribution < 1.29 is 9.69 Å². The van der Waals surface area contributed by atoms with E-state index in [1.807, 2.05) is 36.4 Å². The summed E-state index contributed by atoms with van der Waals surface area (Å²) in [7, 11) is 2.23. The molecule has 1 aliphatic rings. The van der Waals surface area contributed by atoms with Crippen LogP contribution in [0.15, 0.2) is 53.4 Å². The van der Waals surface area contributed by atoms with Crippen molar-refractivity contribution in [2.75, 3.05) is 49.2 Å². The molecule has 1 amide bonds. The van der Waals surface area contributed by atoms with Gasteiger partial charge in [-0.1, -0.05) is 11.6 Å². The number of thioether (sulfide) groups is 1. The smallest absolute Gasteiger partial charge is 0.234 e. The van der Waals surface area contributed by atoms with Crippen molar-refractivity contribution in [2.45, 2.75) is 4.90 Å². The van der Waals surface area contributed by atoms with E-state index in [9.17, 15) is 4.79 Å². The molecule has 25 heavy (non-hydrogen) atoms. The molecule has 6 heteroatoms. The lowest BCUT2D eigenvalue weighted by Gasteiger charge is -2.31. The molecule has 2 N–H and O–H groups in total. The number of halogens is 1. The summed E-state index contributed by atoms with van der Waals surface area (Å²) in [6, 6.07) is 15.6. The molecule has 0 atom stereocenters. The van der Waals surface area contributed by atoms with Crippen LogP contribution < -0.4 is 15.1 Å². The van der Waals surface area contributed by atoms with E-state index in [4.69, 9.17) is 11.6 Å². The highest BCUT2D eigenvalue weighted by atomic mass is 35.5. The van der Waals surface area contributed by atoms with Crippen LogP contribution in [0.5, 0.6) is 0 Å². The molecule has 2 aromatic carbocycles. The minimum atomic E-state index is -0.00380. The van der Waals surface area contributed by atoms with Gasteiger partial charge in [0.15, 0.2) is 0 Å². The highest BCUT2D eigenvalue weighted by molar-refractivity contribution is 8.00. The van der Waals surface area contributed by atoms with Crippen LogP contribution in [0.1, 0.15) is 0 Å². The maximum Gasteiger partial charge on any atom is 0.234 e. The van der Waals surface area contributed by atoms with E-state index in [1.165, 1.54) is 30.5 Å². The number of carbonyl (C=O) groups is 1. The molecule has 0 aromatic heterocycles. The molecule has 0 unspecified atom stereocenters. The van der Waals surface area contributed by atoms with Crippen LogP contribution in [0.25, 0.3) is 0 Å². The molecular formula is C19H23ClN3OS+. The van der Waals surface area contributed by atoms with E-state index in [0.717, 1.165) is 23.7 Å². The first-order valence-corrected chi connectivity index (χ1v) is 9.81. The van der Waals surface area contributed by atoms with Crippen molar-refractivity contribution >= 4 is 40.6 Å². The summed E-state index contributed by atoms with van der Waals surface area (Å²) in [4.78, 5) is 17.1. The molecule has 1 saturated heterocycles. The minimum absolute atomic E-state index is 0.00380. The van der Waals surface area contributed by atoms with E-state index < -0.39 is 0 Å². The number of hydrogen-bond donors (Lipinski definition) is 2. The number of nitrogens with zero attached hydrogens (tertiary/aromatic N) is 1. The van der Waals surface area contributed by atoms with Crippen LogP contribution in [0.2, 0.25) is 5.02 Å². The number of quaternary nitrogens is 1. The summed E-state index contributed by atoms with van der Waals surface area (Å²) in [5.41, 5.74) is 2.06. The van der Waals surface area contributed by atoms with Gasteiger partial charge in [0.1, 0.15) is 0 Å². The molecule has 0 bridgehead atoms. The van der Waals surface area contributed by atoms with Gasteiger partial charge < -0.3 is 15.1 Å². The molecule has 2 aromatic rings. The van der Waals surface area contributed by atoms with Gasteiger partial charge in [0.2, 0.25) is 5.91 Å². The van der Waals surface area contributed by atoms with Crippen LogP contribution in [0.3, 0.4) is 0 Å². The number of carbonyl (C=O) groups excluding carboxylic acids is 1. The topological polar surface area (TPSA) is 36.8 Å². The van der Waals surface area contributed by atoms with Gasteiger partial charge in [-0.2, -0.15) is 0 Å². The summed E-state index contributed by atoms with van der Waals surface area (Å²) in [6.45, 7) is 4.49. The first-order valence-electron chi connectivity index (χ1n) is 8.45. The number of nitrogens with one attached hydrogen (secondary N) is 2. The Labute approximate surface area is 158 Å². The number of hydrogen-bond acceptors (Lipinski definition) is 3. The second-order valence-electron chi connectivity index (χ2n) is 6.28. The standard InChI is InChI=1S/C19H22ClN3OS/c1-22-10-12-23(13-11-22)17-6-4-16(5-7-17)21-19(24)14-25-18-8-2-15(20)3-9-18/h2-9H,10-14H2,1H3,(H,21,24)/p+1. The fraction of sp³-hybridized carbons (Fsp3) is 0.316. The van der Waals surface area contributed by atoms with E-state index in [2.05, 4.69) is 29.4 Å². The number of benzene rings is 2. The SMILES string of the molecule is C[NH+]1CCN(c2ccc(NC(=O)CSc3ccc(Cl)cc3)cc2)CC1. The minimum Gasteiger partial charge on any atom is -0.360 e. The summed E-state index contributed by atoms with van der Waals surface area (Å²) in [5, 5.41) is 3.66. The molecule has 0 spiro atoms.